The molecule has 3 rings (SSSR count). The summed E-state index contributed by atoms with van der Waals surface area (Å²) in [7, 11) is 0. The van der Waals surface area contributed by atoms with Crippen molar-refractivity contribution in [2.75, 3.05) is 110 Å². The number of carbonyl (C=O) groups is 11. The number of carboxylic acids is 6. The highest BCUT2D eigenvalue weighted by Crippen LogP contribution is 2.21. The number of halogens is 2. The molecule has 1 heterocycles. The zero-order chi connectivity index (χ0) is 57.7. The lowest BCUT2D eigenvalue weighted by Gasteiger charge is -2.32. The van der Waals surface area contributed by atoms with Gasteiger partial charge in [0, 0.05) is 116 Å². The Balaban J connectivity index is 1.49. The number of unbranched alkanes of at least 4 members (excludes halogenated alkanes) is 2. The molecule has 78 heavy (non-hydrogen) atoms. The average molecular weight is 1280 g/mol. The van der Waals surface area contributed by atoms with Crippen molar-refractivity contribution in [1.29, 1.82) is 0 Å². The summed E-state index contributed by atoms with van der Waals surface area (Å²) >= 11 is 5.36. The van der Waals surface area contributed by atoms with Crippen molar-refractivity contribution >= 4 is 110 Å². The van der Waals surface area contributed by atoms with Crippen molar-refractivity contribution in [2.24, 2.45) is 0 Å². The molecular formula is C49H68BrIN10O17. The van der Waals surface area contributed by atoms with Crippen LogP contribution >= 0.6 is 38.5 Å². The number of urea groups is 1. The minimum Gasteiger partial charge on any atom is -0.481 e. The first-order chi connectivity index (χ1) is 37.0. The van der Waals surface area contributed by atoms with Crippen molar-refractivity contribution in [3.63, 3.8) is 0 Å². The highest BCUT2D eigenvalue weighted by molar-refractivity contribution is 14.1. The molecule has 27 nitrogen and oxygen atoms in total. The summed E-state index contributed by atoms with van der Waals surface area (Å²) in [4.78, 5) is 143. The molecule has 0 aliphatic carbocycles. The zero-order valence-corrected chi connectivity index (χ0v) is 46.6. The minimum atomic E-state index is -1.55. The molecule has 1 fully saturated rings. The SMILES string of the molecule is O=C(O)CC[C@H](NC(=O)N[C@@H](CCCCN(C(=O)CCCCNC(=O)c1cc(I)cc(C(=O)NCCNC(=O)CN2CCN(CC(=O)O)CCN(CC(=O)O)CCN(CC(=O)O)CC2)c1)c1ccc(Br)cc1)C(=O)O)C(=O)O. The average Bonchev–Trinajstić information content (AvgIpc) is 3.37. The molecule has 2 aromatic rings. The minimum absolute atomic E-state index is 0.0295. The third kappa shape index (κ3) is 26.7. The number of hydrogen-bond acceptors (Lipinski definition) is 15. The molecule has 0 unspecified atom stereocenters. The van der Waals surface area contributed by atoms with Crippen molar-refractivity contribution in [2.45, 2.75) is 63.5 Å². The molecule has 1 saturated heterocycles. The Morgan fingerprint density at radius 1 is 0.526 bits per heavy atom. The van der Waals surface area contributed by atoms with Crippen molar-refractivity contribution in [3.8, 4) is 0 Å². The van der Waals surface area contributed by atoms with Crippen LogP contribution in [-0.4, -0.2) is 233 Å². The van der Waals surface area contributed by atoms with Gasteiger partial charge in [-0.05, 0) is 104 Å². The van der Waals surface area contributed by atoms with E-state index in [-0.39, 0.29) is 141 Å². The summed E-state index contributed by atoms with van der Waals surface area (Å²) in [6, 6.07) is 7.56. The monoisotopic (exact) mass is 1270 g/mol. The molecule has 0 saturated carbocycles. The maximum Gasteiger partial charge on any atom is 0.326 e. The van der Waals surface area contributed by atoms with Gasteiger partial charge in [0.25, 0.3) is 11.8 Å². The van der Waals surface area contributed by atoms with Gasteiger partial charge in [-0.15, -0.1) is 0 Å². The van der Waals surface area contributed by atoms with E-state index in [1.165, 1.54) is 6.07 Å². The molecule has 11 N–H and O–H groups in total. The van der Waals surface area contributed by atoms with Gasteiger partial charge in [-0.1, -0.05) is 15.9 Å². The Labute approximate surface area is 471 Å². The maximum absolute atomic E-state index is 13.6. The smallest absolute Gasteiger partial charge is 0.326 e. The normalized spacial score (nSPS) is 14.7. The molecule has 1 aliphatic rings. The predicted octanol–water partition coefficient (Wildman–Crippen LogP) is 0.549. The number of benzene rings is 2. The molecule has 430 valence electrons. The Morgan fingerprint density at radius 2 is 0.974 bits per heavy atom. The predicted molar refractivity (Wildman–Crippen MR) is 291 cm³/mol. The van der Waals surface area contributed by atoms with Gasteiger partial charge in [-0.25, -0.2) is 14.4 Å². The van der Waals surface area contributed by atoms with Crippen LogP contribution in [0.25, 0.3) is 0 Å². The lowest BCUT2D eigenvalue weighted by atomic mass is 10.1. The summed E-state index contributed by atoms with van der Waals surface area (Å²) in [5.41, 5.74) is 0.993. The Kier molecular flexibility index (Phi) is 29.6. The van der Waals surface area contributed by atoms with Crippen LogP contribution in [0.4, 0.5) is 10.5 Å². The number of hydrogen-bond donors (Lipinski definition) is 11. The van der Waals surface area contributed by atoms with Crippen LogP contribution in [0.15, 0.2) is 46.9 Å². The maximum atomic E-state index is 13.6. The van der Waals surface area contributed by atoms with E-state index in [1.54, 1.807) is 60.9 Å². The zero-order valence-electron chi connectivity index (χ0n) is 42.8. The van der Waals surface area contributed by atoms with E-state index in [0.717, 1.165) is 4.47 Å². The van der Waals surface area contributed by atoms with Crippen LogP contribution in [0, 0.1) is 3.57 Å². The summed E-state index contributed by atoms with van der Waals surface area (Å²) in [5.74, 6) is -8.93. The molecule has 2 aromatic carbocycles. The van der Waals surface area contributed by atoms with Crippen molar-refractivity contribution < 1.29 is 83.4 Å². The van der Waals surface area contributed by atoms with Crippen LogP contribution in [-0.2, 0) is 38.4 Å². The number of aliphatic carboxylic acids is 6. The third-order valence-corrected chi connectivity index (χ3v) is 13.2. The van der Waals surface area contributed by atoms with Gasteiger partial charge in [-0.2, -0.15) is 0 Å². The number of nitrogens with zero attached hydrogens (tertiary/aromatic N) is 5. The number of amides is 6. The molecule has 6 amide bonds. The van der Waals surface area contributed by atoms with Crippen LogP contribution in [0.2, 0.25) is 0 Å². The lowest BCUT2D eigenvalue weighted by Crippen LogP contribution is -2.51. The second-order valence-corrected chi connectivity index (χ2v) is 20.3. The topological polar surface area (TPSA) is 386 Å². The summed E-state index contributed by atoms with van der Waals surface area (Å²) in [6.07, 6.45) is 0.471. The van der Waals surface area contributed by atoms with E-state index in [0.29, 0.717) is 28.5 Å². The first-order valence-corrected chi connectivity index (χ1v) is 26.9. The quantitative estimate of drug-likeness (QED) is 0.0363. The van der Waals surface area contributed by atoms with Gasteiger partial charge in [0.1, 0.15) is 12.1 Å². The first-order valence-electron chi connectivity index (χ1n) is 25.0. The molecule has 0 bridgehead atoms. The summed E-state index contributed by atoms with van der Waals surface area (Å²) in [6.45, 7) is 1.36. The molecule has 0 aromatic heterocycles. The second kappa shape index (κ2) is 35.1. The van der Waals surface area contributed by atoms with Gasteiger partial charge in [0.2, 0.25) is 11.8 Å². The molecule has 0 spiro atoms. The lowest BCUT2D eigenvalue weighted by molar-refractivity contribution is -0.141. The number of nitrogens with one attached hydrogen (secondary N) is 5. The van der Waals surface area contributed by atoms with Gasteiger partial charge in [-0.3, -0.25) is 58.0 Å². The van der Waals surface area contributed by atoms with E-state index in [9.17, 15) is 78.3 Å². The van der Waals surface area contributed by atoms with Crippen LogP contribution in [0.1, 0.15) is 72.1 Å². The second-order valence-electron chi connectivity index (χ2n) is 18.2. The molecule has 1 aliphatic heterocycles. The molecular weight excluding hydrogens is 1210 g/mol. The highest BCUT2D eigenvalue weighted by Gasteiger charge is 2.26. The van der Waals surface area contributed by atoms with E-state index >= 15 is 0 Å². The van der Waals surface area contributed by atoms with Gasteiger partial charge < -0.3 is 62.1 Å². The van der Waals surface area contributed by atoms with Crippen molar-refractivity contribution in [3.05, 3.63) is 61.6 Å². The Morgan fingerprint density at radius 3 is 1.44 bits per heavy atom. The number of anilines is 1. The number of carboxylic acid groups (broad SMARTS) is 6. The summed E-state index contributed by atoms with van der Waals surface area (Å²) in [5, 5.41) is 68.8. The van der Waals surface area contributed by atoms with E-state index in [1.807, 2.05) is 22.6 Å². The van der Waals surface area contributed by atoms with Gasteiger partial charge in [0.05, 0.1) is 26.2 Å². The fraction of sp³-hybridized carbons (Fsp3) is 0.531. The summed E-state index contributed by atoms with van der Waals surface area (Å²) < 4.78 is 1.37. The standard InChI is InChI=1S/C49H68BrIN10O17/c50-34-7-9-36(10-8-34)61(16-4-2-5-37(47(74)75)55-49(78)56-38(48(76)77)11-12-41(64)65)40(63)6-1-3-13-53-45(72)32-25-33(27-35(51)26-32)46(73)54-15-14-52-39(62)28-57-17-19-58(29-42(66)67)21-23-60(31-44(70)71)24-22-59(20-18-57)30-43(68)69/h7-10,25-27,37-38H,1-6,11-24,28-31H2,(H,52,62)(H,53,72)(H,54,73)(H,64,65)(H,66,67)(H,68,69)(H,70,71)(H,74,75)(H,76,77)(H2,55,56,78)/t37-,38-/m0/s1. The van der Waals surface area contributed by atoms with E-state index < -0.39 is 84.5 Å². The van der Waals surface area contributed by atoms with E-state index in [2.05, 4.69) is 42.5 Å². The Hall–Kier alpha value is -6.54. The highest BCUT2D eigenvalue weighted by atomic mass is 127. The van der Waals surface area contributed by atoms with Gasteiger partial charge in [0.15, 0.2) is 0 Å². The molecule has 29 heteroatoms. The Bertz CT molecular complexity index is 2370. The van der Waals surface area contributed by atoms with Crippen LogP contribution < -0.4 is 31.5 Å². The number of rotatable bonds is 31. The fourth-order valence-electron chi connectivity index (χ4n) is 7.99. The van der Waals surface area contributed by atoms with Crippen LogP contribution in [0.5, 0.6) is 0 Å². The van der Waals surface area contributed by atoms with E-state index in [4.69, 9.17) is 5.11 Å². The van der Waals surface area contributed by atoms with Crippen LogP contribution in [0.3, 0.4) is 0 Å². The largest absolute Gasteiger partial charge is 0.481 e. The molecule has 0 radical (unpaired) electrons. The third-order valence-electron chi connectivity index (χ3n) is 12.0. The fourth-order valence-corrected chi connectivity index (χ4v) is 8.93. The number of carbonyl (C=O) groups excluding carboxylic acids is 5. The molecule has 2 atom stereocenters. The first kappa shape index (κ1) is 65.7. The van der Waals surface area contributed by atoms with Crippen molar-refractivity contribution in [1.82, 2.24) is 46.2 Å². The van der Waals surface area contributed by atoms with Gasteiger partial charge >= 0.3 is 41.8 Å².